The molecule has 0 unspecified atom stereocenters. The second-order valence-electron chi connectivity index (χ2n) is 4.31. The highest BCUT2D eigenvalue weighted by Gasteiger charge is 2.09. The fourth-order valence-corrected chi connectivity index (χ4v) is 2.06. The van der Waals surface area contributed by atoms with Gasteiger partial charge in [0.15, 0.2) is 0 Å². The van der Waals surface area contributed by atoms with E-state index in [1.165, 1.54) is 0 Å². The minimum absolute atomic E-state index is 0.780. The largest absolute Gasteiger partial charge is 0.316 e. The third kappa shape index (κ3) is 2.28. The van der Waals surface area contributed by atoms with Crippen LogP contribution in [0.15, 0.2) is 48.9 Å². The van der Waals surface area contributed by atoms with E-state index in [0.717, 1.165) is 29.1 Å². The Bertz CT molecular complexity index is 653. The lowest BCUT2D eigenvalue weighted by molar-refractivity contribution is 0.820. The summed E-state index contributed by atoms with van der Waals surface area (Å²) in [5.74, 6) is 0. The number of H-pyrrole nitrogens is 1. The molecule has 0 bridgehead atoms. The van der Waals surface area contributed by atoms with Crippen molar-refractivity contribution in [2.24, 2.45) is 0 Å². The molecule has 3 rings (SSSR count). The Morgan fingerprint density at radius 1 is 1.21 bits per heavy atom. The molecule has 0 aliphatic heterocycles. The summed E-state index contributed by atoms with van der Waals surface area (Å²) in [7, 11) is 1.92. The van der Waals surface area contributed by atoms with Gasteiger partial charge in [0.2, 0.25) is 0 Å². The third-order valence-corrected chi connectivity index (χ3v) is 2.98. The lowest BCUT2D eigenvalue weighted by Crippen LogP contribution is -2.04. The molecule has 0 spiro atoms. The van der Waals surface area contributed by atoms with Crippen LogP contribution >= 0.6 is 0 Å². The van der Waals surface area contributed by atoms with Gasteiger partial charge in [0.05, 0.1) is 23.8 Å². The summed E-state index contributed by atoms with van der Waals surface area (Å²) in [6.45, 7) is 0.780. The Hall–Kier alpha value is -2.40. The monoisotopic (exact) mass is 253 g/mol. The second-order valence-corrected chi connectivity index (χ2v) is 4.31. The van der Waals surface area contributed by atoms with Gasteiger partial charge in [0.1, 0.15) is 0 Å². The zero-order valence-corrected chi connectivity index (χ0v) is 10.7. The summed E-state index contributed by atoms with van der Waals surface area (Å²) in [5.41, 5.74) is 4.22. The first-order valence-corrected chi connectivity index (χ1v) is 6.16. The molecule has 1 aromatic carbocycles. The number of nitrogens with zero attached hydrogens (tertiary/aromatic N) is 3. The van der Waals surface area contributed by atoms with Crippen LogP contribution in [0, 0.1) is 0 Å². The molecule has 2 aromatic heterocycles. The average Bonchev–Trinajstić information content (AvgIpc) is 3.08. The summed E-state index contributed by atoms with van der Waals surface area (Å²) in [4.78, 5) is 0. The van der Waals surface area contributed by atoms with Gasteiger partial charge in [-0.1, -0.05) is 18.2 Å². The fraction of sp³-hybridized carbons (Fsp3) is 0.143. The molecule has 2 heterocycles. The molecule has 0 amide bonds. The maximum absolute atomic E-state index is 4.39. The average molecular weight is 253 g/mol. The molecular weight excluding hydrogens is 238 g/mol. The first kappa shape index (κ1) is 11.7. The Kier molecular flexibility index (Phi) is 3.12. The molecule has 0 saturated heterocycles. The van der Waals surface area contributed by atoms with Crippen molar-refractivity contribution in [3.8, 4) is 16.9 Å². The molecule has 5 heteroatoms. The van der Waals surface area contributed by atoms with E-state index in [1.807, 2.05) is 60.7 Å². The molecular formula is C14H15N5. The lowest BCUT2D eigenvalue weighted by Gasteiger charge is -2.00. The Morgan fingerprint density at radius 2 is 2.05 bits per heavy atom. The number of hydrogen-bond donors (Lipinski definition) is 2. The number of nitrogens with one attached hydrogen (secondary N) is 2. The van der Waals surface area contributed by atoms with Crippen molar-refractivity contribution in [3.63, 3.8) is 0 Å². The van der Waals surface area contributed by atoms with Gasteiger partial charge in [-0.2, -0.15) is 10.2 Å². The van der Waals surface area contributed by atoms with Gasteiger partial charge in [-0.05, 0) is 19.2 Å². The molecule has 5 nitrogen and oxygen atoms in total. The van der Waals surface area contributed by atoms with Crippen LogP contribution < -0.4 is 5.32 Å². The molecule has 96 valence electrons. The van der Waals surface area contributed by atoms with Crippen molar-refractivity contribution < 1.29 is 0 Å². The van der Waals surface area contributed by atoms with Gasteiger partial charge in [-0.15, -0.1) is 0 Å². The van der Waals surface area contributed by atoms with E-state index in [1.54, 1.807) is 0 Å². The molecule has 2 N–H and O–H groups in total. The van der Waals surface area contributed by atoms with Crippen LogP contribution in [0.25, 0.3) is 16.9 Å². The van der Waals surface area contributed by atoms with E-state index >= 15 is 0 Å². The maximum Gasteiger partial charge on any atom is 0.0726 e. The van der Waals surface area contributed by atoms with Crippen molar-refractivity contribution in [3.05, 3.63) is 54.5 Å². The molecule has 0 fully saturated rings. The Morgan fingerprint density at radius 3 is 2.84 bits per heavy atom. The molecule has 0 aliphatic carbocycles. The van der Waals surface area contributed by atoms with E-state index in [4.69, 9.17) is 0 Å². The fourth-order valence-electron chi connectivity index (χ4n) is 2.06. The molecule has 19 heavy (non-hydrogen) atoms. The van der Waals surface area contributed by atoms with Crippen molar-refractivity contribution in [1.29, 1.82) is 0 Å². The van der Waals surface area contributed by atoms with E-state index in [-0.39, 0.29) is 0 Å². The summed E-state index contributed by atoms with van der Waals surface area (Å²) < 4.78 is 1.86. The quantitative estimate of drug-likeness (QED) is 0.747. The normalized spacial score (nSPS) is 10.8. The van der Waals surface area contributed by atoms with Gasteiger partial charge in [-0.3, -0.25) is 5.10 Å². The summed E-state index contributed by atoms with van der Waals surface area (Å²) in [6, 6.07) is 10.0. The third-order valence-electron chi connectivity index (χ3n) is 2.98. The van der Waals surface area contributed by atoms with Crippen LogP contribution in [0.4, 0.5) is 0 Å². The molecule has 0 atom stereocenters. The molecule has 3 aromatic rings. The van der Waals surface area contributed by atoms with Gasteiger partial charge in [0, 0.05) is 23.9 Å². The second kappa shape index (κ2) is 5.07. The number of para-hydroxylation sites is 1. The predicted molar refractivity (Wildman–Crippen MR) is 73.9 cm³/mol. The standard InChI is InChI=1S/C14H15N5/c1-15-7-11-8-16-18-14(11)12-9-17-19(10-12)13-5-3-2-4-6-13/h2-6,8-10,15H,7H2,1H3,(H,16,18). The highest BCUT2D eigenvalue weighted by atomic mass is 15.3. The first-order chi connectivity index (χ1) is 9.38. The number of benzene rings is 1. The number of aromatic amines is 1. The minimum atomic E-state index is 0.780. The predicted octanol–water partition coefficient (Wildman–Crippen LogP) is 1.98. The van der Waals surface area contributed by atoms with Crippen LogP contribution in [-0.2, 0) is 6.54 Å². The van der Waals surface area contributed by atoms with Crippen LogP contribution in [0.1, 0.15) is 5.56 Å². The van der Waals surface area contributed by atoms with Crippen LogP contribution in [0.5, 0.6) is 0 Å². The van der Waals surface area contributed by atoms with E-state index in [9.17, 15) is 0 Å². The summed E-state index contributed by atoms with van der Waals surface area (Å²) in [6.07, 6.45) is 5.69. The van der Waals surface area contributed by atoms with Gasteiger partial charge >= 0.3 is 0 Å². The SMILES string of the molecule is CNCc1cn[nH]c1-c1cnn(-c2ccccc2)c1. The van der Waals surface area contributed by atoms with Crippen molar-refractivity contribution in [1.82, 2.24) is 25.3 Å². The number of aromatic nitrogens is 4. The zero-order valence-electron chi connectivity index (χ0n) is 10.7. The summed E-state index contributed by atoms with van der Waals surface area (Å²) >= 11 is 0. The minimum Gasteiger partial charge on any atom is -0.316 e. The van der Waals surface area contributed by atoms with Crippen molar-refractivity contribution >= 4 is 0 Å². The number of hydrogen-bond acceptors (Lipinski definition) is 3. The smallest absolute Gasteiger partial charge is 0.0726 e. The van der Waals surface area contributed by atoms with Gasteiger partial charge in [-0.25, -0.2) is 4.68 Å². The molecule has 0 radical (unpaired) electrons. The summed E-state index contributed by atoms with van der Waals surface area (Å²) in [5, 5.41) is 14.6. The lowest BCUT2D eigenvalue weighted by atomic mass is 10.1. The van der Waals surface area contributed by atoms with E-state index < -0.39 is 0 Å². The van der Waals surface area contributed by atoms with Gasteiger partial charge < -0.3 is 5.32 Å². The topological polar surface area (TPSA) is 58.5 Å². The van der Waals surface area contributed by atoms with E-state index in [2.05, 4.69) is 20.6 Å². The van der Waals surface area contributed by atoms with Crippen molar-refractivity contribution in [2.75, 3.05) is 7.05 Å². The Balaban J connectivity index is 1.95. The van der Waals surface area contributed by atoms with Crippen LogP contribution in [0.2, 0.25) is 0 Å². The molecule has 0 aliphatic rings. The van der Waals surface area contributed by atoms with Crippen molar-refractivity contribution in [2.45, 2.75) is 6.54 Å². The Labute approximate surface area is 111 Å². The number of rotatable bonds is 4. The zero-order chi connectivity index (χ0) is 13.1. The maximum atomic E-state index is 4.39. The highest BCUT2D eigenvalue weighted by Crippen LogP contribution is 2.21. The first-order valence-electron chi connectivity index (χ1n) is 6.16. The van der Waals surface area contributed by atoms with E-state index in [0.29, 0.717) is 0 Å². The van der Waals surface area contributed by atoms with Crippen LogP contribution in [-0.4, -0.2) is 27.0 Å². The van der Waals surface area contributed by atoms with Crippen LogP contribution in [0.3, 0.4) is 0 Å². The van der Waals surface area contributed by atoms with Gasteiger partial charge in [0.25, 0.3) is 0 Å². The molecule has 0 saturated carbocycles. The highest BCUT2D eigenvalue weighted by molar-refractivity contribution is 5.61.